The van der Waals surface area contributed by atoms with Crippen LogP contribution in [0.2, 0.25) is 0 Å². The van der Waals surface area contributed by atoms with Gasteiger partial charge in [0.05, 0.1) is 0 Å². The highest BCUT2D eigenvalue weighted by atomic mass is 16.5. The highest BCUT2D eigenvalue weighted by Crippen LogP contribution is 2.23. The van der Waals surface area contributed by atoms with Gasteiger partial charge in [-0.15, -0.1) is 0 Å². The van der Waals surface area contributed by atoms with Crippen molar-refractivity contribution in [3.8, 4) is 5.75 Å². The Morgan fingerprint density at radius 1 is 1.16 bits per heavy atom. The van der Waals surface area contributed by atoms with Crippen LogP contribution < -0.4 is 15.7 Å². The van der Waals surface area contributed by atoms with E-state index in [1.54, 1.807) is 25.3 Å². The summed E-state index contributed by atoms with van der Waals surface area (Å²) in [5.74, 6) is -1.38. The number of rotatable bonds is 7. The van der Waals surface area contributed by atoms with E-state index in [-0.39, 0.29) is 6.42 Å². The van der Waals surface area contributed by atoms with E-state index in [4.69, 9.17) is 9.15 Å². The van der Waals surface area contributed by atoms with Crippen LogP contribution in [0.3, 0.4) is 0 Å². The number of aliphatic carboxylic acids is 1. The fourth-order valence-electron chi connectivity index (χ4n) is 3.65. The molecule has 2 atom stereocenters. The number of amides is 1. The van der Waals surface area contributed by atoms with Crippen LogP contribution in [-0.4, -0.2) is 34.1 Å². The summed E-state index contributed by atoms with van der Waals surface area (Å²) in [4.78, 5) is 39.1. The summed E-state index contributed by atoms with van der Waals surface area (Å²) in [7, 11) is 0. The Balaban J connectivity index is 1.47. The molecule has 0 saturated carbocycles. The molecule has 32 heavy (non-hydrogen) atoms. The highest BCUT2D eigenvalue weighted by molar-refractivity contribution is 5.88. The second-order valence-electron chi connectivity index (χ2n) is 7.63. The smallest absolute Gasteiger partial charge is 0.336 e. The van der Waals surface area contributed by atoms with Crippen molar-refractivity contribution < 1.29 is 23.8 Å². The Hall–Kier alpha value is -4.07. The lowest BCUT2D eigenvalue weighted by atomic mass is 10.0. The lowest BCUT2D eigenvalue weighted by Crippen LogP contribution is -2.47. The summed E-state index contributed by atoms with van der Waals surface area (Å²) >= 11 is 0. The maximum Gasteiger partial charge on any atom is 0.336 e. The maximum atomic E-state index is 12.6. The third-order valence-corrected chi connectivity index (χ3v) is 5.32. The lowest BCUT2D eigenvalue weighted by molar-refractivity contribution is -0.142. The SMILES string of the molecule is Cc1cc(=O)oc2cc(OC(C)C(=O)N[C@H](Cc3c[nH]c4ccccc34)C(=O)O)ccc12. The van der Waals surface area contributed by atoms with Crippen molar-refractivity contribution in [1.82, 2.24) is 10.3 Å². The number of aromatic nitrogens is 1. The molecule has 0 aliphatic carbocycles. The van der Waals surface area contributed by atoms with Crippen molar-refractivity contribution in [2.45, 2.75) is 32.4 Å². The molecule has 0 bridgehead atoms. The van der Waals surface area contributed by atoms with Crippen molar-refractivity contribution >= 4 is 33.7 Å². The number of benzene rings is 2. The number of aromatic amines is 1. The fourth-order valence-corrected chi connectivity index (χ4v) is 3.65. The van der Waals surface area contributed by atoms with Gasteiger partial charge < -0.3 is 24.6 Å². The standard InChI is InChI=1S/C24H22N2O6/c1-13-9-22(27)32-21-11-16(7-8-17(13)21)31-14(2)23(28)26-20(24(29)30)10-15-12-25-19-6-4-3-5-18(15)19/h3-9,11-12,14,20,25H,10H2,1-2H3,(H,26,28)(H,29,30)/t14?,20-/m1/s1. The molecular formula is C24H22N2O6. The van der Waals surface area contributed by atoms with Crippen molar-refractivity contribution in [3.05, 3.63) is 76.3 Å². The van der Waals surface area contributed by atoms with Crippen LogP contribution in [0.5, 0.6) is 5.75 Å². The molecule has 0 saturated heterocycles. The van der Waals surface area contributed by atoms with Crippen LogP contribution in [0, 0.1) is 6.92 Å². The average molecular weight is 434 g/mol. The number of nitrogens with one attached hydrogen (secondary N) is 2. The zero-order chi connectivity index (χ0) is 22.8. The number of hydrogen-bond acceptors (Lipinski definition) is 5. The first-order chi connectivity index (χ1) is 15.3. The van der Waals surface area contributed by atoms with Crippen molar-refractivity contribution in [3.63, 3.8) is 0 Å². The minimum absolute atomic E-state index is 0.123. The Bertz CT molecular complexity index is 1370. The first-order valence-corrected chi connectivity index (χ1v) is 10.1. The number of carboxylic acid groups (broad SMARTS) is 1. The summed E-state index contributed by atoms with van der Waals surface area (Å²) in [6, 6.07) is 12.8. The Morgan fingerprint density at radius 2 is 1.94 bits per heavy atom. The normalized spacial score (nSPS) is 13.1. The molecular weight excluding hydrogens is 412 g/mol. The topological polar surface area (TPSA) is 122 Å². The maximum absolute atomic E-state index is 12.6. The zero-order valence-corrected chi connectivity index (χ0v) is 17.5. The minimum atomic E-state index is -1.14. The third-order valence-electron chi connectivity index (χ3n) is 5.32. The van der Waals surface area contributed by atoms with Crippen LogP contribution in [0.4, 0.5) is 0 Å². The van der Waals surface area contributed by atoms with E-state index in [1.165, 1.54) is 19.1 Å². The van der Waals surface area contributed by atoms with Gasteiger partial charge in [0.2, 0.25) is 0 Å². The van der Waals surface area contributed by atoms with Gasteiger partial charge in [-0.3, -0.25) is 4.79 Å². The molecule has 0 radical (unpaired) electrons. The number of fused-ring (bicyclic) bond motifs is 2. The highest BCUT2D eigenvalue weighted by Gasteiger charge is 2.25. The summed E-state index contributed by atoms with van der Waals surface area (Å²) in [6.07, 6.45) is 0.907. The van der Waals surface area contributed by atoms with Crippen molar-refractivity contribution in [2.24, 2.45) is 0 Å². The number of carboxylic acids is 1. The van der Waals surface area contributed by atoms with Gasteiger partial charge in [-0.2, -0.15) is 0 Å². The molecule has 3 N–H and O–H groups in total. The molecule has 8 nitrogen and oxygen atoms in total. The molecule has 4 aromatic rings. The van der Waals surface area contributed by atoms with Crippen LogP contribution in [-0.2, 0) is 16.0 Å². The second-order valence-corrected chi connectivity index (χ2v) is 7.63. The number of aryl methyl sites for hydroxylation is 1. The number of H-pyrrole nitrogens is 1. The predicted molar refractivity (Wildman–Crippen MR) is 119 cm³/mol. The molecule has 2 heterocycles. The van der Waals surface area contributed by atoms with Crippen LogP contribution >= 0.6 is 0 Å². The largest absolute Gasteiger partial charge is 0.481 e. The van der Waals surface area contributed by atoms with Crippen LogP contribution in [0.1, 0.15) is 18.1 Å². The van der Waals surface area contributed by atoms with E-state index < -0.39 is 29.6 Å². The van der Waals surface area contributed by atoms with Gasteiger partial charge in [0, 0.05) is 41.0 Å². The Morgan fingerprint density at radius 3 is 2.72 bits per heavy atom. The van der Waals surface area contributed by atoms with Crippen molar-refractivity contribution in [2.75, 3.05) is 0 Å². The molecule has 0 spiro atoms. The minimum Gasteiger partial charge on any atom is -0.481 e. The molecule has 8 heteroatoms. The molecule has 2 aromatic heterocycles. The van der Waals surface area contributed by atoms with E-state index >= 15 is 0 Å². The van der Waals surface area contributed by atoms with E-state index in [1.807, 2.05) is 24.3 Å². The van der Waals surface area contributed by atoms with Gasteiger partial charge in [0.15, 0.2) is 6.10 Å². The Labute approximate surface area is 182 Å². The van der Waals surface area contributed by atoms with E-state index in [0.29, 0.717) is 11.3 Å². The zero-order valence-electron chi connectivity index (χ0n) is 17.5. The molecule has 0 fully saturated rings. The quantitative estimate of drug-likeness (QED) is 0.384. The molecule has 164 valence electrons. The summed E-state index contributed by atoms with van der Waals surface area (Å²) in [5, 5.41) is 13.8. The van der Waals surface area contributed by atoms with E-state index in [2.05, 4.69) is 10.3 Å². The average Bonchev–Trinajstić information content (AvgIpc) is 3.15. The van der Waals surface area contributed by atoms with Crippen molar-refractivity contribution in [1.29, 1.82) is 0 Å². The van der Waals surface area contributed by atoms with Gasteiger partial charge in [0.1, 0.15) is 17.4 Å². The number of carbonyl (C=O) groups excluding carboxylic acids is 1. The summed E-state index contributed by atoms with van der Waals surface area (Å²) in [5.41, 5.74) is 2.34. The van der Waals surface area contributed by atoms with Gasteiger partial charge >= 0.3 is 11.6 Å². The van der Waals surface area contributed by atoms with Gasteiger partial charge in [-0.25, -0.2) is 9.59 Å². The number of carbonyl (C=O) groups is 2. The van der Waals surface area contributed by atoms with Gasteiger partial charge in [-0.05, 0) is 43.2 Å². The summed E-state index contributed by atoms with van der Waals surface area (Å²) in [6.45, 7) is 3.33. The number of hydrogen-bond donors (Lipinski definition) is 3. The van der Waals surface area contributed by atoms with Crippen LogP contribution in [0.25, 0.3) is 21.9 Å². The monoisotopic (exact) mass is 434 g/mol. The molecule has 1 amide bonds. The summed E-state index contributed by atoms with van der Waals surface area (Å²) < 4.78 is 10.9. The van der Waals surface area contributed by atoms with Gasteiger partial charge in [0.25, 0.3) is 5.91 Å². The lowest BCUT2D eigenvalue weighted by Gasteiger charge is -2.19. The molecule has 2 aromatic carbocycles. The first kappa shape index (κ1) is 21.2. The Kier molecular flexibility index (Phi) is 5.68. The van der Waals surface area contributed by atoms with Gasteiger partial charge in [-0.1, -0.05) is 18.2 Å². The number of para-hydroxylation sites is 1. The first-order valence-electron chi connectivity index (χ1n) is 10.1. The third kappa shape index (κ3) is 4.34. The predicted octanol–water partition coefficient (Wildman–Crippen LogP) is 3.16. The second kappa shape index (κ2) is 8.58. The van der Waals surface area contributed by atoms with E-state index in [0.717, 1.165) is 27.4 Å². The molecule has 0 aliphatic heterocycles. The molecule has 1 unspecified atom stereocenters. The molecule has 4 rings (SSSR count). The number of ether oxygens (including phenoxy) is 1. The van der Waals surface area contributed by atoms with E-state index in [9.17, 15) is 19.5 Å². The fraction of sp³-hybridized carbons (Fsp3) is 0.208. The molecule has 0 aliphatic rings. The van der Waals surface area contributed by atoms with Crippen LogP contribution in [0.15, 0.2) is 63.9 Å².